The third-order valence-electron chi connectivity index (χ3n) is 3.11. The van der Waals surface area contributed by atoms with E-state index >= 15 is 0 Å². The first-order valence-corrected chi connectivity index (χ1v) is 6.86. The Morgan fingerprint density at radius 1 is 1.24 bits per heavy atom. The first kappa shape index (κ1) is 14.2. The van der Waals surface area contributed by atoms with Gasteiger partial charge in [0.2, 0.25) is 0 Å². The summed E-state index contributed by atoms with van der Waals surface area (Å²) >= 11 is 0. The van der Waals surface area contributed by atoms with Crippen molar-refractivity contribution in [2.75, 3.05) is 6.54 Å². The lowest BCUT2D eigenvalue weighted by atomic mass is 10.0. The number of aryl methyl sites for hydroxylation is 1. The third-order valence-corrected chi connectivity index (χ3v) is 3.11. The van der Waals surface area contributed by atoms with Crippen molar-refractivity contribution in [1.29, 1.82) is 0 Å². The van der Waals surface area contributed by atoms with Crippen molar-refractivity contribution < 1.29 is 0 Å². The molecule has 1 rings (SSSR count). The van der Waals surface area contributed by atoms with E-state index in [0.717, 1.165) is 19.0 Å². The molecule has 0 aliphatic carbocycles. The van der Waals surface area contributed by atoms with E-state index in [-0.39, 0.29) is 0 Å². The van der Waals surface area contributed by atoms with Gasteiger partial charge in [-0.2, -0.15) is 0 Å². The van der Waals surface area contributed by atoms with Gasteiger partial charge in [-0.05, 0) is 18.9 Å². The Hall–Kier alpha value is -0.830. The number of aromatic nitrogens is 2. The summed E-state index contributed by atoms with van der Waals surface area (Å²) in [6.45, 7) is 6.65. The number of nitrogens with one attached hydrogen (secondary N) is 1. The summed E-state index contributed by atoms with van der Waals surface area (Å²) in [7, 11) is 2.04. The van der Waals surface area contributed by atoms with Crippen LogP contribution >= 0.6 is 0 Å². The zero-order valence-corrected chi connectivity index (χ0v) is 11.6. The van der Waals surface area contributed by atoms with E-state index in [1.54, 1.807) is 0 Å². The largest absolute Gasteiger partial charge is 0.337 e. The van der Waals surface area contributed by atoms with E-state index in [4.69, 9.17) is 0 Å². The molecule has 0 unspecified atom stereocenters. The van der Waals surface area contributed by atoms with Gasteiger partial charge >= 0.3 is 0 Å². The van der Waals surface area contributed by atoms with Gasteiger partial charge in [0.05, 0.1) is 12.0 Å². The Balaban J connectivity index is 1.90. The average Bonchev–Trinajstić information content (AvgIpc) is 2.68. The fourth-order valence-corrected chi connectivity index (χ4v) is 1.93. The van der Waals surface area contributed by atoms with Gasteiger partial charge in [-0.25, -0.2) is 4.98 Å². The zero-order valence-electron chi connectivity index (χ0n) is 11.6. The summed E-state index contributed by atoms with van der Waals surface area (Å²) in [5.74, 6) is 0.859. The number of hydrogen-bond donors (Lipinski definition) is 1. The summed E-state index contributed by atoms with van der Waals surface area (Å²) in [6.07, 6.45) is 10.6. The Morgan fingerprint density at radius 2 is 2.00 bits per heavy atom. The Kier molecular flexibility index (Phi) is 6.94. The summed E-state index contributed by atoms with van der Waals surface area (Å²) in [5.41, 5.74) is 1.25. The van der Waals surface area contributed by atoms with Gasteiger partial charge in [-0.3, -0.25) is 0 Å². The molecular weight excluding hydrogens is 210 g/mol. The fourth-order valence-electron chi connectivity index (χ4n) is 1.93. The molecular formula is C14H27N3. The molecule has 0 saturated carbocycles. The van der Waals surface area contributed by atoms with E-state index < -0.39 is 0 Å². The van der Waals surface area contributed by atoms with Crippen LogP contribution in [0.25, 0.3) is 0 Å². The summed E-state index contributed by atoms with van der Waals surface area (Å²) in [6, 6.07) is 0. The van der Waals surface area contributed by atoms with Crippen LogP contribution < -0.4 is 5.32 Å². The van der Waals surface area contributed by atoms with E-state index in [2.05, 4.69) is 28.7 Å². The Labute approximate surface area is 106 Å². The summed E-state index contributed by atoms with van der Waals surface area (Å²) < 4.78 is 2.07. The molecule has 0 saturated heterocycles. The molecule has 0 atom stereocenters. The maximum atomic E-state index is 4.10. The SMILES string of the molecule is CC(C)CCCCCCNCc1cncn1C. The highest BCUT2D eigenvalue weighted by Crippen LogP contribution is 2.09. The smallest absolute Gasteiger partial charge is 0.0945 e. The van der Waals surface area contributed by atoms with Gasteiger partial charge in [-0.1, -0.05) is 39.5 Å². The van der Waals surface area contributed by atoms with Crippen LogP contribution in [0.3, 0.4) is 0 Å². The van der Waals surface area contributed by atoms with Crippen molar-refractivity contribution in [2.24, 2.45) is 13.0 Å². The summed E-state index contributed by atoms with van der Waals surface area (Å²) in [4.78, 5) is 4.10. The predicted octanol–water partition coefficient (Wildman–Crippen LogP) is 3.12. The maximum absolute atomic E-state index is 4.10. The molecule has 1 aromatic rings. The van der Waals surface area contributed by atoms with Crippen molar-refractivity contribution in [1.82, 2.24) is 14.9 Å². The van der Waals surface area contributed by atoms with Crippen LogP contribution in [-0.4, -0.2) is 16.1 Å². The topological polar surface area (TPSA) is 29.9 Å². The highest BCUT2D eigenvalue weighted by molar-refractivity contribution is 4.96. The van der Waals surface area contributed by atoms with Crippen molar-refractivity contribution in [2.45, 2.75) is 52.5 Å². The molecule has 0 aliphatic rings. The minimum atomic E-state index is 0.859. The second-order valence-electron chi connectivity index (χ2n) is 5.27. The zero-order chi connectivity index (χ0) is 12.5. The van der Waals surface area contributed by atoms with Gasteiger partial charge in [0, 0.05) is 19.8 Å². The molecule has 17 heavy (non-hydrogen) atoms. The molecule has 3 heteroatoms. The van der Waals surface area contributed by atoms with Crippen molar-refractivity contribution in [3.8, 4) is 0 Å². The first-order chi connectivity index (χ1) is 8.20. The minimum absolute atomic E-state index is 0.859. The van der Waals surface area contributed by atoms with E-state index in [9.17, 15) is 0 Å². The molecule has 98 valence electrons. The molecule has 0 fully saturated rings. The number of hydrogen-bond acceptors (Lipinski definition) is 2. The number of rotatable bonds is 9. The second-order valence-corrected chi connectivity index (χ2v) is 5.27. The van der Waals surface area contributed by atoms with Crippen molar-refractivity contribution >= 4 is 0 Å². The van der Waals surface area contributed by atoms with E-state index in [1.807, 2.05) is 19.6 Å². The molecule has 0 aliphatic heterocycles. The van der Waals surface area contributed by atoms with Crippen LogP contribution in [0, 0.1) is 5.92 Å². The molecule has 0 spiro atoms. The third kappa shape index (κ3) is 6.47. The Morgan fingerprint density at radius 3 is 2.65 bits per heavy atom. The van der Waals surface area contributed by atoms with Crippen LogP contribution in [0.5, 0.6) is 0 Å². The fraction of sp³-hybridized carbons (Fsp3) is 0.786. The highest BCUT2D eigenvalue weighted by Gasteiger charge is 1.97. The van der Waals surface area contributed by atoms with Crippen molar-refractivity contribution in [3.05, 3.63) is 18.2 Å². The van der Waals surface area contributed by atoms with Crippen LogP contribution in [0.2, 0.25) is 0 Å². The standard InChI is InChI=1S/C14H27N3/c1-13(2)8-6-4-5-7-9-15-10-14-11-16-12-17(14)3/h11-13,15H,4-10H2,1-3H3. The van der Waals surface area contributed by atoms with Gasteiger partial charge < -0.3 is 9.88 Å². The second kappa shape index (κ2) is 8.29. The lowest BCUT2D eigenvalue weighted by molar-refractivity contribution is 0.511. The monoisotopic (exact) mass is 237 g/mol. The maximum Gasteiger partial charge on any atom is 0.0945 e. The van der Waals surface area contributed by atoms with Crippen LogP contribution in [0.15, 0.2) is 12.5 Å². The van der Waals surface area contributed by atoms with Gasteiger partial charge in [-0.15, -0.1) is 0 Å². The lowest BCUT2D eigenvalue weighted by Crippen LogP contribution is -2.16. The predicted molar refractivity (Wildman–Crippen MR) is 72.8 cm³/mol. The highest BCUT2D eigenvalue weighted by atomic mass is 15.0. The molecule has 1 heterocycles. The van der Waals surface area contributed by atoms with Gasteiger partial charge in [0.1, 0.15) is 0 Å². The molecule has 0 radical (unpaired) electrons. The first-order valence-electron chi connectivity index (χ1n) is 6.86. The Bertz CT molecular complexity index is 291. The number of unbranched alkanes of at least 4 members (excludes halogenated alkanes) is 3. The number of imidazole rings is 1. The van der Waals surface area contributed by atoms with Crippen molar-refractivity contribution in [3.63, 3.8) is 0 Å². The number of nitrogens with zero attached hydrogens (tertiary/aromatic N) is 2. The quantitative estimate of drug-likeness (QED) is 0.669. The summed E-state index contributed by atoms with van der Waals surface area (Å²) in [5, 5.41) is 3.47. The van der Waals surface area contributed by atoms with Crippen LogP contribution in [0.4, 0.5) is 0 Å². The molecule has 3 nitrogen and oxygen atoms in total. The average molecular weight is 237 g/mol. The van der Waals surface area contributed by atoms with Gasteiger partial charge in [0.15, 0.2) is 0 Å². The van der Waals surface area contributed by atoms with Gasteiger partial charge in [0.25, 0.3) is 0 Å². The molecule has 1 aromatic heterocycles. The van der Waals surface area contributed by atoms with E-state index in [0.29, 0.717) is 0 Å². The molecule has 0 bridgehead atoms. The lowest BCUT2D eigenvalue weighted by Gasteiger charge is -2.06. The molecule has 0 amide bonds. The molecule has 1 N–H and O–H groups in total. The minimum Gasteiger partial charge on any atom is -0.337 e. The normalized spacial score (nSPS) is 11.3. The van der Waals surface area contributed by atoms with Crippen LogP contribution in [-0.2, 0) is 13.6 Å². The molecule has 0 aromatic carbocycles. The van der Waals surface area contributed by atoms with Crippen LogP contribution in [0.1, 0.15) is 51.6 Å². The van der Waals surface area contributed by atoms with E-state index in [1.165, 1.54) is 37.8 Å².